The molecule has 0 heterocycles. The van der Waals surface area contributed by atoms with Gasteiger partial charge < -0.3 is 5.11 Å². The van der Waals surface area contributed by atoms with Gasteiger partial charge in [0.25, 0.3) is 0 Å². The van der Waals surface area contributed by atoms with Gasteiger partial charge in [-0.15, -0.1) is 0 Å². The van der Waals surface area contributed by atoms with E-state index in [0.717, 1.165) is 5.56 Å². The van der Waals surface area contributed by atoms with Crippen molar-refractivity contribution in [1.82, 2.24) is 0 Å². The molecule has 0 amide bonds. The van der Waals surface area contributed by atoms with E-state index in [1.54, 1.807) is 32.0 Å². The van der Waals surface area contributed by atoms with Gasteiger partial charge in [-0.1, -0.05) is 37.6 Å². The zero-order valence-corrected chi connectivity index (χ0v) is 12.6. The summed E-state index contributed by atoms with van der Waals surface area (Å²) >= 11 is 5.99. The molecule has 1 unspecified atom stereocenters. The van der Waals surface area contributed by atoms with Gasteiger partial charge in [-0.05, 0) is 30.0 Å². The molecule has 1 atom stereocenters. The maximum atomic E-state index is 12.2. The Hall–Kier alpha value is -1.07. The first-order valence-corrected chi connectivity index (χ1v) is 7.94. The highest BCUT2D eigenvalue weighted by molar-refractivity contribution is 7.92. The zero-order chi connectivity index (χ0) is 14.8. The maximum Gasteiger partial charge on any atom is 0.322 e. The van der Waals surface area contributed by atoms with Crippen LogP contribution in [0.1, 0.15) is 25.0 Å². The van der Waals surface area contributed by atoms with Crippen molar-refractivity contribution in [2.45, 2.75) is 31.8 Å². The SMILES string of the molecule is Cc1ccc(CS(=O)(=O)C(C(=O)O)C(C)C)c(Cl)c1. The Morgan fingerprint density at radius 2 is 1.95 bits per heavy atom. The van der Waals surface area contributed by atoms with Crippen LogP contribution in [-0.4, -0.2) is 24.7 Å². The van der Waals surface area contributed by atoms with Crippen LogP contribution in [0.5, 0.6) is 0 Å². The fraction of sp³-hybridized carbons (Fsp3) is 0.462. The van der Waals surface area contributed by atoms with Crippen molar-refractivity contribution in [1.29, 1.82) is 0 Å². The van der Waals surface area contributed by atoms with Crippen molar-refractivity contribution in [2.24, 2.45) is 5.92 Å². The molecule has 1 aromatic rings. The Balaban J connectivity index is 3.11. The van der Waals surface area contributed by atoms with Gasteiger partial charge in [-0.3, -0.25) is 4.79 Å². The first kappa shape index (κ1) is 16.0. The van der Waals surface area contributed by atoms with Crippen molar-refractivity contribution in [3.05, 3.63) is 34.3 Å². The van der Waals surface area contributed by atoms with E-state index >= 15 is 0 Å². The highest BCUT2D eigenvalue weighted by Gasteiger charge is 2.35. The molecule has 0 aromatic heterocycles. The third-order valence-electron chi connectivity index (χ3n) is 2.80. The Morgan fingerprint density at radius 1 is 1.37 bits per heavy atom. The Morgan fingerprint density at radius 3 is 2.37 bits per heavy atom. The summed E-state index contributed by atoms with van der Waals surface area (Å²) in [7, 11) is -3.79. The van der Waals surface area contributed by atoms with Crippen LogP contribution in [-0.2, 0) is 20.4 Å². The smallest absolute Gasteiger partial charge is 0.322 e. The van der Waals surface area contributed by atoms with E-state index in [-0.39, 0.29) is 5.75 Å². The summed E-state index contributed by atoms with van der Waals surface area (Å²) in [5.74, 6) is -2.17. The number of aliphatic carboxylic acids is 1. The molecule has 1 aromatic carbocycles. The lowest BCUT2D eigenvalue weighted by Gasteiger charge is -2.17. The van der Waals surface area contributed by atoms with Crippen molar-refractivity contribution >= 4 is 27.4 Å². The van der Waals surface area contributed by atoms with E-state index in [0.29, 0.717) is 10.6 Å². The van der Waals surface area contributed by atoms with Gasteiger partial charge in [0.15, 0.2) is 15.1 Å². The van der Waals surface area contributed by atoms with Crippen LogP contribution in [0.3, 0.4) is 0 Å². The predicted octanol–water partition coefficient (Wildman–Crippen LogP) is 2.67. The van der Waals surface area contributed by atoms with Crippen molar-refractivity contribution in [3.8, 4) is 0 Å². The topological polar surface area (TPSA) is 71.4 Å². The third kappa shape index (κ3) is 3.94. The van der Waals surface area contributed by atoms with Gasteiger partial charge in [0.1, 0.15) is 0 Å². The van der Waals surface area contributed by atoms with E-state index in [1.165, 1.54) is 0 Å². The Bertz CT molecular complexity index is 578. The minimum absolute atomic E-state index is 0.344. The second kappa shape index (κ2) is 5.92. The summed E-state index contributed by atoms with van der Waals surface area (Å²) in [4.78, 5) is 11.1. The molecule has 0 aliphatic carbocycles. The van der Waals surface area contributed by atoms with Crippen LogP contribution in [0, 0.1) is 12.8 Å². The summed E-state index contributed by atoms with van der Waals surface area (Å²) in [5, 5.41) is 7.99. The first-order chi connectivity index (χ1) is 8.65. The van der Waals surface area contributed by atoms with Gasteiger partial charge in [0.2, 0.25) is 0 Å². The van der Waals surface area contributed by atoms with Crippen molar-refractivity contribution < 1.29 is 18.3 Å². The van der Waals surface area contributed by atoms with E-state index in [9.17, 15) is 13.2 Å². The van der Waals surface area contributed by atoms with E-state index in [4.69, 9.17) is 16.7 Å². The minimum atomic E-state index is -3.79. The van der Waals surface area contributed by atoms with Crippen LogP contribution < -0.4 is 0 Å². The standard InChI is InChI=1S/C13H17ClO4S/c1-8(2)12(13(15)16)19(17,18)7-10-5-4-9(3)6-11(10)14/h4-6,8,12H,7H2,1-3H3,(H,15,16). The molecule has 0 saturated heterocycles. The molecule has 0 saturated carbocycles. The number of rotatable bonds is 5. The molecule has 19 heavy (non-hydrogen) atoms. The van der Waals surface area contributed by atoms with E-state index < -0.39 is 27.0 Å². The summed E-state index contributed by atoms with van der Waals surface area (Å²) < 4.78 is 24.4. The number of halogens is 1. The van der Waals surface area contributed by atoms with Crippen molar-refractivity contribution in [2.75, 3.05) is 0 Å². The van der Waals surface area contributed by atoms with Crippen LogP contribution in [0.15, 0.2) is 18.2 Å². The average molecular weight is 305 g/mol. The molecular formula is C13H17ClO4S. The number of carboxylic acids is 1. The maximum absolute atomic E-state index is 12.2. The lowest BCUT2D eigenvalue weighted by Crippen LogP contribution is -2.35. The average Bonchev–Trinajstić information content (AvgIpc) is 2.20. The first-order valence-electron chi connectivity index (χ1n) is 5.84. The number of carboxylic acid groups (broad SMARTS) is 1. The fourth-order valence-corrected chi connectivity index (χ4v) is 4.31. The highest BCUT2D eigenvalue weighted by atomic mass is 35.5. The van der Waals surface area contributed by atoms with Gasteiger partial charge in [0, 0.05) is 5.02 Å². The number of sulfone groups is 1. The van der Waals surface area contributed by atoms with E-state index in [1.807, 2.05) is 6.92 Å². The lowest BCUT2D eigenvalue weighted by atomic mass is 10.1. The summed E-state index contributed by atoms with van der Waals surface area (Å²) in [6.07, 6.45) is 0. The van der Waals surface area contributed by atoms with Crippen LogP contribution in [0.2, 0.25) is 5.02 Å². The van der Waals surface area contributed by atoms with Crippen LogP contribution >= 0.6 is 11.6 Å². The molecule has 0 fully saturated rings. The van der Waals surface area contributed by atoms with Gasteiger partial charge in [0.05, 0.1) is 5.75 Å². The number of hydrogen-bond acceptors (Lipinski definition) is 3. The molecular weight excluding hydrogens is 288 g/mol. The Labute approximate surface area is 118 Å². The Kier molecular flexibility index (Phi) is 4.98. The molecule has 0 aliphatic rings. The second-order valence-corrected chi connectivity index (χ2v) is 7.43. The molecule has 0 aliphatic heterocycles. The molecule has 4 nitrogen and oxygen atoms in total. The molecule has 0 spiro atoms. The number of benzene rings is 1. The second-order valence-electron chi connectivity index (χ2n) is 4.90. The molecule has 1 N–H and O–H groups in total. The minimum Gasteiger partial charge on any atom is -0.480 e. The van der Waals surface area contributed by atoms with Gasteiger partial charge in [-0.25, -0.2) is 8.42 Å². The van der Waals surface area contributed by atoms with Crippen molar-refractivity contribution in [3.63, 3.8) is 0 Å². The number of carbonyl (C=O) groups is 1. The lowest BCUT2D eigenvalue weighted by molar-refractivity contribution is -0.137. The highest BCUT2D eigenvalue weighted by Crippen LogP contribution is 2.24. The monoisotopic (exact) mass is 304 g/mol. The fourth-order valence-electron chi connectivity index (χ4n) is 1.93. The summed E-state index contributed by atoms with van der Waals surface area (Å²) in [6, 6.07) is 5.04. The number of aryl methyl sites for hydroxylation is 1. The molecule has 0 radical (unpaired) electrons. The summed E-state index contributed by atoms with van der Waals surface area (Å²) in [5.41, 5.74) is 1.35. The van der Waals surface area contributed by atoms with Crippen LogP contribution in [0.25, 0.3) is 0 Å². The molecule has 6 heteroatoms. The van der Waals surface area contributed by atoms with Gasteiger partial charge >= 0.3 is 5.97 Å². The largest absolute Gasteiger partial charge is 0.480 e. The molecule has 1 rings (SSSR count). The molecule has 0 bridgehead atoms. The quantitative estimate of drug-likeness (QED) is 0.908. The van der Waals surface area contributed by atoms with Crippen LogP contribution in [0.4, 0.5) is 0 Å². The molecule has 106 valence electrons. The van der Waals surface area contributed by atoms with E-state index in [2.05, 4.69) is 0 Å². The third-order valence-corrected chi connectivity index (χ3v) is 5.39. The number of hydrogen-bond donors (Lipinski definition) is 1. The van der Waals surface area contributed by atoms with Gasteiger partial charge in [-0.2, -0.15) is 0 Å². The predicted molar refractivity (Wildman–Crippen MR) is 75.1 cm³/mol. The summed E-state index contributed by atoms with van der Waals surface area (Å²) in [6.45, 7) is 5.00. The zero-order valence-electron chi connectivity index (χ0n) is 11.1. The normalized spacial score (nSPS) is 13.5.